The number of hydrogen-bond donors (Lipinski definition) is 0. The topological polar surface area (TPSA) is 70.6 Å². The monoisotopic (exact) mass is 642 g/mol. The molecule has 11 heteroatoms. The second-order valence-corrected chi connectivity index (χ2v) is 17.5. The molecule has 3 aliphatic rings. The van der Waals surface area contributed by atoms with Crippen LogP contribution in [0, 0.1) is 0 Å². The molecule has 2 aromatic rings. The summed E-state index contributed by atoms with van der Waals surface area (Å²) in [5, 5.41) is 0. The molecule has 0 N–H and O–H groups in total. The number of para-hydroxylation sites is 2. The van der Waals surface area contributed by atoms with Crippen molar-refractivity contribution in [3.05, 3.63) is 58.7 Å². The highest BCUT2D eigenvalue weighted by Gasteiger charge is 2.65. The number of benzene rings is 2. The molecule has 0 radical (unpaired) electrons. The highest BCUT2D eigenvalue weighted by atomic mass is 28.4. The lowest BCUT2D eigenvalue weighted by molar-refractivity contribution is -0.908. The predicted molar refractivity (Wildman–Crippen MR) is 175 cm³/mol. The van der Waals surface area contributed by atoms with Crippen molar-refractivity contribution in [3.63, 3.8) is 0 Å². The van der Waals surface area contributed by atoms with Gasteiger partial charge in [0.1, 0.15) is 0 Å². The quantitative estimate of drug-likeness (QED) is 0.157. The number of ether oxygens (including phenoxy) is 2. The van der Waals surface area contributed by atoms with Crippen molar-refractivity contribution in [2.45, 2.75) is 78.6 Å². The lowest BCUT2D eigenvalue weighted by Crippen LogP contribution is -2.65. The highest BCUT2D eigenvalue weighted by Crippen LogP contribution is 2.42. The minimum atomic E-state index is -2.81. The van der Waals surface area contributed by atoms with E-state index < -0.39 is 23.4 Å². The first-order chi connectivity index (χ1) is 21.3. The van der Waals surface area contributed by atoms with Crippen molar-refractivity contribution in [1.29, 1.82) is 0 Å². The molecule has 0 aliphatic carbocycles. The molecular formula is C33H50N2O7Si2+2. The van der Waals surface area contributed by atoms with E-state index >= 15 is 0 Å². The van der Waals surface area contributed by atoms with Crippen LogP contribution < -0.4 is 9.47 Å². The fourth-order valence-corrected chi connectivity index (χ4v) is 11.6. The van der Waals surface area contributed by atoms with Crippen molar-refractivity contribution >= 4 is 29.8 Å². The molecule has 44 heavy (non-hydrogen) atoms. The summed E-state index contributed by atoms with van der Waals surface area (Å²) in [6.07, 6.45) is 6.82. The molecule has 1 atom stereocenters. The van der Waals surface area contributed by atoms with Gasteiger partial charge in [-0.3, -0.25) is 0 Å². The molecule has 0 amide bonds. The van der Waals surface area contributed by atoms with Crippen LogP contribution in [0.25, 0.3) is 0 Å². The van der Waals surface area contributed by atoms with Gasteiger partial charge in [0.2, 0.25) is 0 Å². The second-order valence-electron chi connectivity index (χ2n) is 11.4. The first-order valence-electron chi connectivity index (χ1n) is 16.4. The van der Waals surface area contributed by atoms with Gasteiger partial charge < -0.3 is 31.6 Å². The summed E-state index contributed by atoms with van der Waals surface area (Å²) in [5.74, 6) is 1.76. The van der Waals surface area contributed by atoms with Crippen LogP contribution in [0.15, 0.2) is 36.4 Å². The highest BCUT2D eigenvalue weighted by molar-refractivity contribution is 6.66. The van der Waals surface area contributed by atoms with Gasteiger partial charge in [-0.15, -0.1) is 0 Å². The molecule has 9 nitrogen and oxygen atoms in total. The first-order valence-corrected chi connectivity index (χ1v) is 20.8. The molecule has 0 saturated heterocycles. The Labute approximate surface area is 265 Å². The van der Waals surface area contributed by atoms with Gasteiger partial charge in [0.25, 0.3) is 0 Å². The molecule has 5 rings (SSSR count). The third kappa shape index (κ3) is 6.74. The van der Waals surface area contributed by atoms with E-state index in [1.54, 1.807) is 0 Å². The SMILES string of the molecule is CCO[Si](C)(CCC[N+]1=Cc2cccc3c2OC12Oc1c(cccc1C3)C=[N+]2CCC[Si](OCC)(OCC)OCC)OCC. The molecule has 3 heterocycles. The van der Waals surface area contributed by atoms with Crippen LogP contribution in [0.1, 0.15) is 69.7 Å². The summed E-state index contributed by atoms with van der Waals surface area (Å²) in [7, 11) is -5.10. The van der Waals surface area contributed by atoms with Gasteiger partial charge in [-0.2, -0.15) is 0 Å². The molecule has 3 aliphatic heterocycles. The van der Waals surface area contributed by atoms with Crippen LogP contribution in [0.3, 0.4) is 0 Å². The summed E-state index contributed by atoms with van der Waals surface area (Å²) in [4.78, 5) is 0. The average molecular weight is 643 g/mol. The summed E-state index contributed by atoms with van der Waals surface area (Å²) in [5.41, 5.74) is 4.44. The van der Waals surface area contributed by atoms with Crippen molar-refractivity contribution in [1.82, 2.24) is 0 Å². The maximum absolute atomic E-state index is 7.05. The van der Waals surface area contributed by atoms with Crippen molar-refractivity contribution in [2.75, 3.05) is 46.1 Å². The van der Waals surface area contributed by atoms with Crippen molar-refractivity contribution < 1.29 is 40.8 Å². The first kappa shape index (κ1) is 33.0. The van der Waals surface area contributed by atoms with E-state index in [1.165, 1.54) is 0 Å². The van der Waals surface area contributed by atoms with Crippen LogP contribution in [0.2, 0.25) is 18.6 Å². The minimum Gasteiger partial charge on any atom is -0.395 e. The van der Waals surface area contributed by atoms with E-state index in [9.17, 15) is 0 Å². The van der Waals surface area contributed by atoms with E-state index in [4.69, 9.17) is 31.6 Å². The van der Waals surface area contributed by atoms with Crippen LogP contribution in [0.4, 0.5) is 0 Å². The molecular weight excluding hydrogens is 593 g/mol. The molecule has 3 bridgehead atoms. The number of hydrogen-bond acceptors (Lipinski definition) is 7. The minimum absolute atomic E-state index is 0.558. The van der Waals surface area contributed by atoms with Gasteiger partial charge in [0.15, 0.2) is 37.0 Å². The molecule has 2 aromatic carbocycles. The maximum atomic E-state index is 7.05. The van der Waals surface area contributed by atoms with E-state index in [0.29, 0.717) is 52.2 Å². The van der Waals surface area contributed by atoms with Crippen molar-refractivity contribution in [3.8, 4) is 11.5 Å². The predicted octanol–water partition coefficient (Wildman–Crippen LogP) is 5.52. The Hall–Kier alpha value is -2.39. The van der Waals surface area contributed by atoms with Crippen LogP contribution in [-0.2, 0) is 28.6 Å². The largest absolute Gasteiger partial charge is 0.703 e. The lowest BCUT2D eigenvalue weighted by Gasteiger charge is -2.35. The van der Waals surface area contributed by atoms with E-state index in [-0.39, 0.29) is 0 Å². The molecule has 240 valence electrons. The van der Waals surface area contributed by atoms with Gasteiger partial charge in [-0.25, -0.2) is 0 Å². The van der Waals surface area contributed by atoms with Crippen LogP contribution in [-0.4, -0.2) is 91.1 Å². The Morgan fingerprint density at radius 3 is 1.57 bits per heavy atom. The molecule has 0 saturated carbocycles. The fraction of sp³-hybridized carbons (Fsp3) is 0.576. The summed E-state index contributed by atoms with van der Waals surface area (Å²) >= 11 is 0. The third-order valence-electron chi connectivity index (χ3n) is 8.32. The lowest BCUT2D eigenvalue weighted by atomic mass is 9.97. The average Bonchev–Trinajstić information content (AvgIpc) is 2.98. The zero-order valence-electron chi connectivity index (χ0n) is 27.4. The van der Waals surface area contributed by atoms with Gasteiger partial charge in [0, 0.05) is 69.5 Å². The molecule has 1 unspecified atom stereocenters. The van der Waals surface area contributed by atoms with E-state index in [1.807, 2.05) is 34.6 Å². The Balaban J connectivity index is 1.51. The second kappa shape index (κ2) is 14.4. The Bertz CT molecular complexity index is 1340. The normalized spacial score (nSPS) is 18.5. The fourth-order valence-electron chi connectivity index (χ4n) is 6.58. The van der Waals surface area contributed by atoms with Gasteiger partial charge in [-0.1, -0.05) is 33.4 Å². The molecule has 0 aromatic heterocycles. The Morgan fingerprint density at radius 2 is 1.11 bits per heavy atom. The molecule has 0 fully saturated rings. The van der Waals surface area contributed by atoms with Gasteiger partial charge in [-0.05, 0) is 59.3 Å². The summed E-state index contributed by atoms with van der Waals surface area (Å²) in [6.45, 7) is 16.6. The molecule has 1 spiro atoms. The van der Waals surface area contributed by atoms with Crippen LogP contribution in [0.5, 0.6) is 11.5 Å². The Kier molecular flexibility index (Phi) is 10.8. The Morgan fingerprint density at radius 1 is 0.659 bits per heavy atom. The number of rotatable bonds is 18. The van der Waals surface area contributed by atoms with E-state index in [0.717, 1.165) is 59.1 Å². The summed E-state index contributed by atoms with van der Waals surface area (Å²) in [6, 6.07) is 13.2. The van der Waals surface area contributed by atoms with Gasteiger partial charge in [0.05, 0.1) is 11.1 Å². The maximum Gasteiger partial charge on any atom is 0.703 e. The van der Waals surface area contributed by atoms with Crippen molar-refractivity contribution in [2.24, 2.45) is 0 Å². The third-order valence-corrected chi connectivity index (χ3v) is 14.5. The van der Waals surface area contributed by atoms with Crippen LogP contribution >= 0.6 is 0 Å². The summed E-state index contributed by atoms with van der Waals surface area (Å²) < 4.78 is 49.4. The smallest absolute Gasteiger partial charge is 0.395 e. The standard InChI is InChI=1S/C33H50N2O7Si2/c1-7-36-43(6,37-8-2)22-14-20-34-25-29-18-12-16-27-24-28-17-13-19-30-26-35(33(34,41-31(27)29)42-32(28)30)21-15-23-44(38-9-3,39-10-4)40-11-5/h12-13,16-19,25-26H,7-11,14-15,20-24H2,1-6H3/q+2. The number of nitrogens with zero attached hydrogens (tertiary/aromatic N) is 2. The zero-order valence-corrected chi connectivity index (χ0v) is 29.4. The van der Waals surface area contributed by atoms with Gasteiger partial charge >= 0.3 is 23.4 Å². The zero-order chi connectivity index (χ0) is 31.2. The van der Waals surface area contributed by atoms with E-state index in [2.05, 4.69) is 64.5 Å².